The van der Waals surface area contributed by atoms with E-state index in [4.69, 9.17) is 19.9 Å². The summed E-state index contributed by atoms with van der Waals surface area (Å²) in [5.74, 6) is -0.513. The van der Waals surface area contributed by atoms with E-state index in [9.17, 15) is 18.8 Å². The number of aryl methyl sites for hydroxylation is 1. The second-order valence-corrected chi connectivity index (χ2v) is 12.2. The summed E-state index contributed by atoms with van der Waals surface area (Å²) in [7, 11) is 1.50. The van der Waals surface area contributed by atoms with Crippen LogP contribution < -0.4 is 21.7 Å². The van der Waals surface area contributed by atoms with E-state index in [0.717, 1.165) is 34.3 Å². The molecule has 1 atom stereocenters. The van der Waals surface area contributed by atoms with Crippen LogP contribution in [0.1, 0.15) is 74.0 Å². The number of ether oxygens (including phenoxy) is 3. The summed E-state index contributed by atoms with van der Waals surface area (Å²) in [6.45, 7) is 5.88. The number of carbonyl (C=O) groups excluding carboxylic acids is 1. The van der Waals surface area contributed by atoms with Crippen LogP contribution in [0, 0.1) is 12.7 Å². The molecule has 2 N–H and O–H groups in total. The Labute approximate surface area is 235 Å². The molecule has 9 nitrogen and oxygen atoms in total. The van der Waals surface area contributed by atoms with E-state index in [1.165, 1.54) is 55.1 Å². The molecule has 5 rings (SSSR count). The maximum absolute atomic E-state index is 14.6. The third-order valence-electron chi connectivity index (χ3n) is 8.30. The molecule has 2 aromatic heterocycles. The van der Waals surface area contributed by atoms with Gasteiger partial charge in [-0.1, -0.05) is 6.42 Å². The van der Waals surface area contributed by atoms with Gasteiger partial charge in [0.15, 0.2) is 0 Å². The first-order chi connectivity index (χ1) is 19.0. The lowest BCUT2D eigenvalue weighted by atomic mass is 9.83. The van der Waals surface area contributed by atoms with Crippen LogP contribution in [0.3, 0.4) is 0 Å². The first kappa shape index (κ1) is 28.5. The molecule has 3 heterocycles. The summed E-state index contributed by atoms with van der Waals surface area (Å²) < 4.78 is 34.6. The minimum absolute atomic E-state index is 0.0221. The average molecular weight is 574 g/mol. The zero-order valence-corrected chi connectivity index (χ0v) is 24.1. The van der Waals surface area contributed by atoms with E-state index >= 15 is 0 Å². The zero-order valence-electron chi connectivity index (χ0n) is 23.3. The molecule has 1 aromatic carbocycles. The number of halogens is 1. The van der Waals surface area contributed by atoms with Gasteiger partial charge in [0.25, 0.3) is 5.56 Å². The smallest absolute Gasteiger partial charge is 0.333 e. The average Bonchev–Trinajstić information content (AvgIpc) is 3.21. The normalized spacial score (nSPS) is 17.6. The fourth-order valence-corrected chi connectivity index (χ4v) is 7.04. The van der Waals surface area contributed by atoms with Gasteiger partial charge < -0.3 is 19.9 Å². The van der Waals surface area contributed by atoms with E-state index in [2.05, 4.69) is 0 Å². The number of amides is 1. The van der Waals surface area contributed by atoms with Crippen molar-refractivity contribution in [2.45, 2.75) is 83.1 Å². The molecule has 0 unspecified atom stereocenters. The molecule has 1 saturated heterocycles. The quantitative estimate of drug-likeness (QED) is 0.412. The van der Waals surface area contributed by atoms with E-state index in [-0.39, 0.29) is 12.6 Å². The highest BCUT2D eigenvalue weighted by atomic mass is 32.1. The second-order valence-electron chi connectivity index (χ2n) is 11.2. The zero-order chi connectivity index (χ0) is 28.8. The second kappa shape index (κ2) is 11.1. The molecular weight excluding hydrogens is 537 g/mol. The summed E-state index contributed by atoms with van der Waals surface area (Å²) in [6, 6.07) is 4.19. The van der Waals surface area contributed by atoms with Gasteiger partial charge in [-0.15, -0.1) is 11.3 Å². The Morgan fingerprint density at radius 1 is 1.23 bits per heavy atom. The number of carbonyl (C=O) groups is 1. The van der Waals surface area contributed by atoms with Crippen LogP contribution in [0.5, 0.6) is 5.75 Å². The van der Waals surface area contributed by atoms with Crippen molar-refractivity contribution in [1.29, 1.82) is 0 Å². The number of methoxy groups -OCH3 is 1. The van der Waals surface area contributed by atoms with Gasteiger partial charge in [0.05, 0.1) is 25.1 Å². The van der Waals surface area contributed by atoms with Gasteiger partial charge in [0, 0.05) is 23.7 Å². The number of rotatable bonds is 9. The van der Waals surface area contributed by atoms with Gasteiger partial charge in [0.1, 0.15) is 28.0 Å². The molecular formula is C29H36FN3O6S. The van der Waals surface area contributed by atoms with E-state index in [1.54, 1.807) is 0 Å². The molecule has 40 heavy (non-hydrogen) atoms. The van der Waals surface area contributed by atoms with Gasteiger partial charge in [-0.05, 0) is 76.1 Å². The van der Waals surface area contributed by atoms with Crippen LogP contribution in [0.2, 0.25) is 0 Å². The Morgan fingerprint density at radius 2 is 1.93 bits per heavy atom. The van der Waals surface area contributed by atoms with Crippen LogP contribution in [0.25, 0.3) is 10.2 Å². The standard InChI is InChI=1S/C29H36FN3O6S/c1-16-23-25(34)33(29(2,3)27(31)35)28(36)32(26(23)40-24(16)17-6-5-7-17)15-22(39-19-10-12-38-13-11-19)20-14-18(30)8-9-21(20)37-4/h8-9,14,17,19,22H,5-7,10-13,15H2,1-4H3,(H2,31,35)/t22-/m0/s1. The number of hydrogen-bond donors (Lipinski definition) is 1. The predicted molar refractivity (Wildman–Crippen MR) is 151 cm³/mol. The number of nitrogens with zero attached hydrogens (tertiary/aromatic N) is 2. The molecule has 0 bridgehead atoms. The van der Waals surface area contributed by atoms with Crippen LogP contribution in [-0.4, -0.2) is 41.5 Å². The number of thiophene rings is 1. The molecule has 3 aromatic rings. The summed E-state index contributed by atoms with van der Waals surface area (Å²) in [6.07, 6.45) is 3.50. The van der Waals surface area contributed by atoms with E-state index in [0.29, 0.717) is 53.5 Å². The highest BCUT2D eigenvalue weighted by Gasteiger charge is 2.36. The number of benzene rings is 1. The molecule has 0 spiro atoms. The Morgan fingerprint density at radius 3 is 2.52 bits per heavy atom. The van der Waals surface area contributed by atoms with Crippen molar-refractivity contribution in [1.82, 2.24) is 9.13 Å². The number of fused-ring (bicyclic) bond motifs is 1. The Kier molecular flexibility index (Phi) is 7.91. The van der Waals surface area contributed by atoms with E-state index in [1.807, 2.05) is 6.92 Å². The molecule has 1 aliphatic heterocycles. The van der Waals surface area contributed by atoms with Gasteiger partial charge >= 0.3 is 5.69 Å². The summed E-state index contributed by atoms with van der Waals surface area (Å²) in [5.41, 5.74) is 4.18. The minimum Gasteiger partial charge on any atom is -0.496 e. The van der Waals surface area contributed by atoms with Gasteiger partial charge in [-0.3, -0.25) is 14.2 Å². The van der Waals surface area contributed by atoms with Crippen molar-refractivity contribution in [3.05, 3.63) is 60.9 Å². The van der Waals surface area contributed by atoms with Gasteiger partial charge in [-0.2, -0.15) is 0 Å². The number of hydrogen-bond acceptors (Lipinski definition) is 7. The molecule has 1 saturated carbocycles. The van der Waals surface area contributed by atoms with Crippen molar-refractivity contribution < 1.29 is 23.4 Å². The monoisotopic (exact) mass is 573 g/mol. The lowest BCUT2D eigenvalue weighted by Crippen LogP contribution is -2.54. The van der Waals surface area contributed by atoms with Crippen molar-refractivity contribution >= 4 is 27.5 Å². The van der Waals surface area contributed by atoms with Gasteiger partial charge in [-0.25, -0.2) is 13.8 Å². The molecule has 11 heteroatoms. The molecule has 2 aliphatic rings. The summed E-state index contributed by atoms with van der Waals surface area (Å²) >= 11 is 1.44. The minimum atomic E-state index is -1.58. The van der Waals surface area contributed by atoms with Crippen molar-refractivity contribution in [2.24, 2.45) is 5.73 Å². The maximum Gasteiger partial charge on any atom is 0.333 e. The molecule has 216 valence electrons. The van der Waals surface area contributed by atoms with E-state index < -0.39 is 34.6 Å². The van der Waals surface area contributed by atoms with Crippen LogP contribution >= 0.6 is 11.3 Å². The molecule has 2 fully saturated rings. The molecule has 1 amide bonds. The third kappa shape index (κ3) is 4.99. The Balaban J connectivity index is 1.74. The van der Waals surface area contributed by atoms with Crippen LogP contribution in [0.4, 0.5) is 4.39 Å². The first-order valence-electron chi connectivity index (χ1n) is 13.7. The molecule has 1 aliphatic carbocycles. The Hall–Kier alpha value is -3.02. The number of nitrogens with two attached hydrogens (primary N) is 1. The van der Waals surface area contributed by atoms with Crippen molar-refractivity contribution in [2.75, 3.05) is 20.3 Å². The third-order valence-corrected chi connectivity index (χ3v) is 9.78. The fourth-order valence-electron chi connectivity index (χ4n) is 5.57. The highest BCUT2D eigenvalue weighted by Crippen LogP contribution is 2.44. The highest BCUT2D eigenvalue weighted by molar-refractivity contribution is 7.19. The predicted octanol–water partition coefficient (Wildman–Crippen LogP) is 4.11. The number of primary amides is 1. The largest absolute Gasteiger partial charge is 0.496 e. The SMILES string of the molecule is COc1ccc(F)cc1[C@H](Cn1c(=O)n(C(C)(C)C(N)=O)c(=O)c2c(C)c(C3CCC3)sc21)OC1CCOCC1. The van der Waals surface area contributed by atoms with Crippen LogP contribution in [-0.2, 0) is 26.4 Å². The summed E-state index contributed by atoms with van der Waals surface area (Å²) in [5, 5.41) is 0.400. The lowest BCUT2D eigenvalue weighted by molar-refractivity contribution is -0.125. The van der Waals surface area contributed by atoms with Gasteiger partial charge in [0.2, 0.25) is 5.91 Å². The number of aromatic nitrogens is 2. The topological polar surface area (TPSA) is 115 Å². The van der Waals surface area contributed by atoms with Crippen LogP contribution in [0.15, 0.2) is 27.8 Å². The first-order valence-corrected chi connectivity index (χ1v) is 14.5. The lowest BCUT2D eigenvalue weighted by Gasteiger charge is -2.30. The summed E-state index contributed by atoms with van der Waals surface area (Å²) in [4.78, 5) is 42.1. The Bertz CT molecular complexity index is 1550. The molecule has 0 radical (unpaired) electrons. The fraction of sp³-hybridized carbons (Fsp3) is 0.552. The maximum atomic E-state index is 14.6. The van der Waals surface area contributed by atoms with Crippen molar-refractivity contribution in [3.63, 3.8) is 0 Å². The van der Waals surface area contributed by atoms with Crippen molar-refractivity contribution in [3.8, 4) is 5.75 Å².